The van der Waals surface area contributed by atoms with E-state index in [9.17, 15) is 19.6 Å². The molecule has 0 aromatic carbocycles. The molecule has 182 valence electrons. The zero-order valence-electron chi connectivity index (χ0n) is 18.4. The Kier molecular flexibility index (Phi) is 6.71. The van der Waals surface area contributed by atoms with Crippen LogP contribution in [0.5, 0.6) is 5.88 Å². The van der Waals surface area contributed by atoms with Crippen LogP contribution >= 0.6 is 18.1 Å². The van der Waals surface area contributed by atoms with Gasteiger partial charge in [0.1, 0.15) is 23.6 Å². The smallest absolute Gasteiger partial charge is 0.327 e. The molecular formula is C18H27N6O7PS. The molecule has 2 saturated heterocycles. The number of carbonyl (C=O) groups is 1. The lowest BCUT2D eigenvalue weighted by Gasteiger charge is -2.27. The quantitative estimate of drug-likeness (QED) is 0.404. The average molecular weight is 502 g/mol. The van der Waals surface area contributed by atoms with E-state index in [1.807, 2.05) is 0 Å². The van der Waals surface area contributed by atoms with Crippen molar-refractivity contribution in [2.75, 3.05) is 25.2 Å². The van der Waals surface area contributed by atoms with E-state index in [0.29, 0.717) is 17.7 Å². The van der Waals surface area contributed by atoms with E-state index in [0.717, 1.165) is 17.8 Å². The Labute approximate surface area is 193 Å². The van der Waals surface area contributed by atoms with Gasteiger partial charge in [0.15, 0.2) is 17.4 Å². The van der Waals surface area contributed by atoms with Crippen molar-refractivity contribution in [2.24, 2.45) is 0 Å². The number of fused-ring (bicyclic) bond motifs is 1. The molecule has 2 fully saturated rings. The molecule has 15 heteroatoms. The minimum Gasteiger partial charge on any atom is -0.479 e. The second-order valence-corrected chi connectivity index (χ2v) is 12.6. The summed E-state index contributed by atoms with van der Waals surface area (Å²) in [6, 6.07) is -0.562. The van der Waals surface area contributed by atoms with Crippen LogP contribution in [-0.2, 0) is 18.6 Å². The molecular weight excluding hydrogens is 475 g/mol. The first kappa shape index (κ1) is 24.3. The van der Waals surface area contributed by atoms with E-state index in [1.165, 1.54) is 31.9 Å². The zero-order chi connectivity index (χ0) is 24.0. The number of ether oxygens (including phenoxy) is 2. The fraction of sp³-hybridized carbons (Fsp3) is 0.667. The summed E-state index contributed by atoms with van der Waals surface area (Å²) in [5.41, 5.74) is 4.54. The van der Waals surface area contributed by atoms with Crippen LogP contribution in [0.3, 0.4) is 0 Å². The van der Waals surface area contributed by atoms with Crippen LogP contribution in [0.1, 0.15) is 32.9 Å². The van der Waals surface area contributed by atoms with Gasteiger partial charge in [0.05, 0.1) is 26.1 Å². The van der Waals surface area contributed by atoms with Gasteiger partial charge >= 0.3 is 6.72 Å². The van der Waals surface area contributed by atoms with Gasteiger partial charge in [-0.2, -0.15) is 9.97 Å². The van der Waals surface area contributed by atoms with E-state index in [-0.39, 0.29) is 29.9 Å². The number of anilines is 1. The Morgan fingerprint density at radius 1 is 1.52 bits per heavy atom. The van der Waals surface area contributed by atoms with Crippen LogP contribution in [0.2, 0.25) is 0 Å². The highest BCUT2D eigenvalue weighted by Gasteiger charge is 2.54. The van der Waals surface area contributed by atoms with Gasteiger partial charge in [-0.05, 0) is 26.7 Å². The summed E-state index contributed by atoms with van der Waals surface area (Å²) in [6.07, 6.45) is -0.846. The second-order valence-electron chi connectivity index (χ2n) is 8.17. The lowest BCUT2D eigenvalue weighted by Crippen LogP contribution is -2.44. The molecule has 6 atom stereocenters. The number of rotatable bonds is 6. The molecule has 0 amide bonds. The van der Waals surface area contributed by atoms with Crippen molar-refractivity contribution in [3.63, 3.8) is 0 Å². The molecule has 5 N–H and O–H groups in total. The molecule has 33 heavy (non-hydrogen) atoms. The van der Waals surface area contributed by atoms with Crippen LogP contribution in [0, 0.1) is 0 Å². The summed E-state index contributed by atoms with van der Waals surface area (Å²) >= 11 is 1.11. The maximum absolute atomic E-state index is 13.2. The fourth-order valence-corrected chi connectivity index (χ4v) is 7.82. The number of carbonyl (C=O) groups excluding carboxylic acids is 1. The first-order valence-electron chi connectivity index (χ1n) is 10.3. The third-order valence-electron chi connectivity index (χ3n) is 5.72. The Morgan fingerprint density at radius 3 is 2.97 bits per heavy atom. The van der Waals surface area contributed by atoms with Crippen molar-refractivity contribution >= 4 is 41.0 Å². The summed E-state index contributed by atoms with van der Waals surface area (Å²) in [6.45, 7) is -0.858. The largest absolute Gasteiger partial charge is 0.479 e. The molecule has 0 aliphatic carbocycles. The second kappa shape index (κ2) is 9.10. The van der Waals surface area contributed by atoms with E-state index in [4.69, 9.17) is 19.7 Å². The minimum atomic E-state index is -3.42. The molecule has 2 aliphatic rings. The number of nitrogens with two attached hydrogens (primary N) is 1. The Morgan fingerprint density at radius 2 is 2.27 bits per heavy atom. The van der Waals surface area contributed by atoms with Gasteiger partial charge in [0, 0.05) is 5.75 Å². The van der Waals surface area contributed by atoms with Crippen LogP contribution in [0.25, 0.3) is 11.2 Å². The van der Waals surface area contributed by atoms with E-state index < -0.39 is 36.8 Å². The lowest BCUT2D eigenvalue weighted by atomic mass is 9.96. The monoisotopic (exact) mass is 502 g/mol. The van der Waals surface area contributed by atoms with Crippen molar-refractivity contribution in [3.05, 3.63) is 6.33 Å². The number of Topliss-reactive ketones (excluding diaryl/α,β-unsaturated/α-hetero) is 1. The minimum absolute atomic E-state index is 0.0613. The third-order valence-corrected chi connectivity index (χ3v) is 9.85. The summed E-state index contributed by atoms with van der Waals surface area (Å²) < 4.78 is 31.4. The van der Waals surface area contributed by atoms with Crippen molar-refractivity contribution < 1.29 is 33.6 Å². The molecule has 2 aromatic heterocycles. The number of nitrogen functional groups attached to an aromatic ring is 1. The van der Waals surface area contributed by atoms with E-state index in [2.05, 4.69) is 20.0 Å². The number of methoxy groups -OCH3 is 1. The fourth-order valence-electron chi connectivity index (χ4n) is 3.90. The van der Waals surface area contributed by atoms with Crippen molar-refractivity contribution in [2.45, 2.75) is 56.8 Å². The normalized spacial score (nSPS) is 34.9. The van der Waals surface area contributed by atoms with Crippen LogP contribution in [-0.4, -0.2) is 78.8 Å². The number of aromatic nitrogens is 4. The van der Waals surface area contributed by atoms with Gasteiger partial charge in [-0.3, -0.25) is 13.9 Å². The van der Waals surface area contributed by atoms with Crippen LogP contribution in [0.4, 0.5) is 5.95 Å². The standard InChI is InChI=1S/C18H27N6O7PS/c1-9(25)10-5-4-6-33-32(28,23-10)30-7-11-13(26)18(2,27)16(31-11)24-8-20-12-14(24)21-17(19)22-15(12)29-3/h8,10-11,13,16,26-27H,4-7H2,1-3H3,(H,23,28)(H2,19,21,22)/t10?,11-,13-,16-,18-,32?/m1/s1. The molecule has 4 rings (SSSR count). The molecule has 0 saturated carbocycles. The highest BCUT2D eigenvalue weighted by Crippen LogP contribution is 2.58. The summed E-state index contributed by atoms with van der Waals surface area (Å²) in [5, 5.41) is 24.7. The van der Waals surface area contributed by atoms with Gasteiger partial charge in [0.2, 0.25) is 11.8 Å². The Balaban J connectivity index is 1.55. The Hall–Kier alpha value is -1.80. The number of hydrogen-bond donors (Lipinski definition) is 4. The Bertz CT molecular complexity index is 1100. The number of aliphatic hydroxyl groups is 2. The van der Waals surface area contributed by atoms with Gasteiger partial charge < -0.3 is 29.9 Å². The lowest BCUT2D eigenvalue weighted by molar-refractivity contribution is -0.118. The SMILES string of the molecule is COc1nc(N)nc2c1ncn2[C@@H]1O[C@H](COP2(=O)NC(C(C)=O)CCCS2)[C@@H](O)[C@@]1(C)O. The number of aliphatic hydroxyl groups excluding tert-OH is 1. The van der Waals surface area contributed by atoms with Crippen molar-refractivity contribution in [1.29, 1.82) is 0 Å². The van der Waals surface area contributed by atoms with Gasteiger partial charge in [0.25, 0.3) is 0 Å². The van der Waals surface area contributed by atoms with Gasteiger partial charge in [-0.1, -0.05) is 11.4 Å². The number of hydrogen-bond acceptors (Lipinski definition) is 12. The zero-order valence-corrected chi connectivity index (χ0v) is 20.1. The maximum atomic E-state index is 13.2. The molecule has 2 unspecified atom stereocenters. The summed E-state index contributed by atoms with van der Waals surface area (Å²) in [5.74, 6) is 0.537. The number of nitrogens with one attached hydrogen (secondary N) is 1. The van der Waals surface area contributed by atoms with Gasteiger partial charge in [-0.25, -0.2) is 10.1 Å². The number of nitrogens with zero attached hydrogens (tertiary/aromatic N) is 4. The van der Waals surface area contributed by atoms with E-state index in [1.54, 1.807) is 0 Å². The summed E-state index contributed by atoms with van der Waals surface area (Å²) in [4.78, 5) is 24.2. The number of imidazole rings is 1. The summed E-state index contributed by atoms with van der Waals surface area (Å²) in [7, 11) is 1.41. The van der Waals surface area contributed by atoms with Gasteiger partial charge in [-0.15, -0.1) is 0 Å². The van der Waals surface area contributed by atoms with E-state index >= 15 is 0 Å². The molecule has 2 aromatic rings. The van der Waals surface area contributed by atoms with Crippen molar-refractivity contribution in [1.82, 2.24) is 24.6 Å². The molecule has 0 radical (unpaired) electrons. The predicted octanol–water partition coefficient (Wildman–Crippen LogP) is 0.625. The van der Waals surface area contributed by atoms with Crippen molar-refractivity contribution in [3.8, 4) is 5.88 Å². The first-order chi connectivity index (χ1) is 15.6. The maximum Gasteiger partial charge on any atom is 0.327 e. The van der Waals surface area contributed by atoms with Crippen LogP contribution < -0.4 is 15.6 Å². The third kappa shape index (κ3) is 4.61. The molecule has 4 heterocycles. The highest BCUT2D eigenvalue weighted by molar-refractivity contribution is 8.56. The molecule has 0 spiro atoms. The number of ketones is 1. The predicted molar refractivity (Wildman–Crippen MR) is 120 cm³/mol. The molecule has 13 nitrogen and oxygen atoms in total. The van der Waals surface area contributed by atoms with Crippen LogP contribution in [0.15, 0.2) is 6.33 Å². The molecule has 0 bridgehead atoms. The topological polar surface area (TPSA) is 184 Å². The molecule has 2 aliphatic heterocycles. The first-order valence-corrected chi connectivity index (χ1v) is 13.5. The average Bonchev–Trinajstić information content (AvgIpc) is 3.18. The highest BCUT2D eigenvalue weighted by atomic mass is 32.7.